The van der Waals surface area contributed by atoms with Gasteiger partial charge in [0.05, 0.1) is 5.69 Å². The number of fused-ring (bicyclic) bond motifs is 1. The van der Waals surface area contributed by atoms with E-state index in [-0.39, 0.29) is 5.91 Å². The van der Waals surface area contributed by atoms with E-state index in [2.05, 4.69) is 15.2 Å². The van der Waals surface area contributed by atoms with Crippen LogP contribution in [0.1, 0.15) is 61.9 Å². The first-order valence-corrected chi connectivity index (χ1v) is 11.8. The summed E-state index contributed by atoms with van der Waals surface area (Å²) in [6.07, 6.45) is 7.39. The number of hydrogen-bond acceptors (Lipinski definition) is 5. The number of alkyl halides is 2. The fraction of sp³-hybridized carbons (Fsp3) is 0.810. The molecule has 1 aromatic rings. The molecule has 1 aromatic heterocycles. The minimum Gasteiger partial charge on any atom is -0.464 e. The van der Waals surface area contributed by atoms with Crippen molar-refractivity contribution >= 4 is 17.2 Å². The van der Waals surface area contributed by atoms with Crippen molar-refractivity contribution in [1.82, 2.24) is 15.2 Å². The third-order valence-corrected chi connectivity index (χ3v) is 7.43. The first kappa shape index (κ1) is 21.0. The smallest absolute Gasteiger partial charge is 0.273 e. The number of aromatic nitrogens is 1. The van der Waals surface area contributed by atoms with Crippen LogP contribution < -0.4 is 10.1 Å². The second kappa shape index (κ2) is 9.69. The van der Waals surface area contributed by atoms with Gasteiger partial charge in [0.25, 0.3) is 11.6 Å². The monoisotopic (exact) mass is 427 g/mol. The first-order chi connectivity index (χ1) is 14.0. The zero-order valence-corrected chi connectivity index (χ0v) is 17.7. The standard InChI is InChI=1S/C21H31F2N3O2S/c22-19(23)13-28-21-25-17-12-26(10-8-18(17)29-21)9-7-14-3-5-16(6-4-14)24-20(27)11-15-1-2-15/h14-16,19H,1-13H2,(H,24,27)/t14-,16-. The third-order valence-electron chi connectivity index (χ3n) is 6.36. The number of thiazole rings is 1. The topological polar surface area (TPSA) is 54.5 Å². The van der Waals surface area contributed by atoms with Crippen molar-refractivity contribution in [3.05, 3.63) is 10.6 Å². The van der Waals surface area contributed by atoms with Crippen LogP contribution in [-0.2, 0) is 17.8 Å². The van der Waals surface area contributed by atoms with Crippen molar-refractivity contribution in [3.63, 3.8) is 0 Å². The number of carbonyl (C=O) groups is 1. The Morgan fingerprint density at radius 3 is 2.69 bits per heavy atom. The molecule has 8 heteroatoms. The van der Waals surface area contributed by atoms with Gasteiger partial charge in [-0.25, -0.2) is 13.8 Å². The van der Waals surface area contributed by atoms with Gasteiger partial charge in [-0.05, 0) is 69.7 Å². The summed E-state index contributed by atoms with van der Waals surface area (Å²) in [6.45, 7) is 2.25. The van der Waals surface area contributed by atoms with Gasteiger partial charge in [0.1, 0.15) is 0 Å². The number of hydrogen-bond donors (Lipinski definition) is 1. The molecule has 0 bridgehead atoms. The normalized spacial score (nSPS) is 25.1. The number of nitrogens with one attached hydrogen (secondary N) is 1. The van der Waals surface area contributed by atoms with Crippen LogP contribution >= 0.6 is 11.3 Å². The summed E-state index contributed by atoms with van der Waals surface area (Å²) in [5.41, 5.74) is 0.993. The maximum absolute atomic E-state index is 12.3. The highest BCUT2D eigenvalue weighted by Crippen LogP contribution is 2.33. The van der Waals surface area contributed by atoms with Crippen molar-refractivity contribution < 1.29 is 18.3 Å². The highest BCUT2D eigenvalue weighted by Gasteiger charge is 2.28. The lowest BCUT2D eigenvalue weighted by Gasteiger charge is -2.32. The van der Waals surface area contributed by atoms with E-state index < -0.39 is 13.0 Å². The average Bonchev–Trinajstić information content (AvgIpc) is 3.41. The summed E-state index contributed by atoms with van der Waals surface area (Å²) >= 11 is 1.41. The Hall–Kier alpha value is -1.28. The number of carbonyl (C=O) groups excluding carboxylic acids is 1. The minimum atomic E-state index is -2.46. The van der Waals surface area contributed by atoms with Crippen molar-refractivity contribution in [2.24, 2.45) is 11.8 Å². The van der Waals surface area contributed by atoms with Crippen molar-refractivity contribution in [2.75, 3.05) is 19.7 Å². The van der Waals surface area contributed by atoms with Gasteiger partial charge >= 0.3 is 0 Å². The van der Waals surface area contributed by atoms with Gasteiger partial charge in [0, 0.05) is 30.4 Å². The molecule has 3 aliphatic rings. The third kappa shape index (κ3) is 6.35. The van der Waals surface area contributed by atoms with Gasteiger partial charge in [-0.2, -0.15) is 0 Å². The van der Waals surface area contributed by atoms with Gasteiger partial charge in [0.2, 0.25) is 5.91 Å². The van der Waals surface area contributed by atoms with Gasteiger partial charge in [0.15, 0.2) is 6.61 Å². The van der Waals surface area contributed by atoms with Crippen LogP contribution in [0.5, 0.6) is 5.19 Å². The molecule has 0 aromatic carbocycles. The molecule has 2 saturated carbocycles. The Balaban J connectivity index is 1.15. The molecule has 2 heterocycles. The van der Waals surface area contributed by atoms with Gasteiger partial charge < -0.3 is 10.1 Å². The summed E-state index contributed by atoms with van der Waals surface area (Å²) in [7, 11) is 0. The predicted octanol–water partition coefficient (Wildman–Crippen LogP) is 4.01. The van der Waals surface area contributed by atoms with Crippen LogP contribution in [0.2, 0.25) is 0 Å². The number of nitrogens with zero attached hydrogens (tertiary/aromatic N) is 2. The lowest BCUT2D eigenvalue weighted by Crippen LogP contribution is -2.38. The fourth-order valence-corrected chi connectivity index (χ4v) is 5.36. The van der Waals surface area contributed by atoms with E-state index in [1.807, 2.05) is 0 Å². The Bertz CT molecular complexity index is 687. The Kier molecular flexibility index (Phi) is 7.00. The summed E-state index contributed by atoms with van der Waals surface area (Å²) in [4.78, 5) is 20.0. The Labute approximate surface area is 175 Å². The zero-order chi connectivity index (χ0) is 20.2. The van der Waals surface area contributed by atoms with E-state index in [4.69, 9.17) is 4.74 Å². The SMILES string of the molecule is O=C(CC1CC1)N[C@H]1CC[C@H](CCN2CCc3sc(OCC(F)F)nc3C2)CC1. The second-order valence-corrected chi connectivity index (χ2v) is 9.85. The maximum atomic E-state index is 12.3. The molecular formula is C21H31F2N3O2S. The van der Waals surface area contributed by atoms with Gasteiger partial charge in [-0.3, -0.25) is 9.69 Å². The summed E-state index contributed by atoms with van der Waals surface area (Å²) in [5.74, 6) is 1.63. The van der Waals surface area contributed by atoms with Gasteiger partial charge in [-0.1, -0.05) is 11.3 Å². The summed E-state index contributed by atoms with van der Waals surface area (Å²) in [5, 5.41) is 3.61. The molecule has 4 rings (SSSR count). The number of rotatable bonds is 9. The van der Waals surface area contributed by atoms with E-state index >= 15 is 0 Å². The minimum absolute atomic E-state index is 0.250. The summed E-state index contributed by atoms with van der Waals surface area (Å²) < 4.78 is 29.7. The van der Waals surface area contributed by atoms with Crippen LogP contribution in [0.15, 0.2) is 0 Å². The molecule has 0 spiro atoms. The van der Waals surface area contributed by atoms with E-state index in [9.17, 15) is 13.6 Å². The lowest BCUT2D eigenvalue weighted by atomic mass is 9.84. The van der Waals surface area contributed by atoms with Crippen LogP contribution in [0.25, 0.3) is 0 Å². The maximum Gasteiger partial charge on any atom is 0.273 e. The molecule has 29 heavy (non-hydrogen) atoms. The zero-order valence-electron chi connectivity index (χ0n) is 16.9. The molecule has 0 saturated heterocycles. The van der Waals surface area contributed by atoms with Crippen LogP contribution in [0.4, 0.5) is 8.78 Å². The molecule has 1 N–H and O–H groups in total. The average molecular weight is 428 g/mol. The molecule has 1 amide bonds. The largest absolute Gasteiger partial charge is 0.464 e. The molecule has 2 fully saturated rings. The molecular weight excluding hydrogens is 396 g/mol. The van der Waals surface area contributed by atoms with Crippen LogP contribution in [0, 0.1) is 11.8 Å². The van der Waals surface area contributed by atoms with Gasteiger partial charge in [-0.15, -0.1) is 0 Å². The lowest BCUT2D eigenvalue weighted by molar-refractivity contribution is -0.122. The van der Waals surface area contributed by atoms with Crippen molar-refractivity contribution in [2.45, 2.75) is 76.8 Å². The van der Waals surface area contributed by atoms with E-state index in [0.717, 1.165) is 56.9 Å². The van der Waals surface area contributed by atoms with E-state index in [1.54, 1.807) is 0 Å². The number of ether oxygens (including phenoxy) is 1. The molecule has 5 nitrogen and oxygen atoms in total. The Morgan fingerprint density at radius 1 is 1.21 bits per heavy atom. The summed E-state index contributed by atoms with van der Waals surface area (Å²) in [6, 6.07) is 0.372. The molecule has 0 unspecified atom stereocenters. The molecule has 0 atom stereocenters. The van der Waals surface area contributed by atoms with E-state index in [0.29, 0.717) is 17.2 Å². The van der Waals surface area contributed by atoms with Crippen molar-refractivity contribution in [3.8, 4) is 5.19 Å². The number of amides is 1. The highest BCUT2D eigenvalue weighted by atomic mass is 32.1. The molecule has 0 radical (unpaired) electrons. The van der Waals surface area contributed by atoms with Crippen LogP contribution in [-0.4, -0.2) is 48.0 Å². The molecule has 1 aliphatic heterocycles. The number of halogens is 2. The van der Waals surface area contributed by atoms with E-state index in [1.165, 1.54) is 48.3 Å². The molecule has 2 aliphatic carbocycles. The van der Waals surface area contributed by atoms with Crippen LogP contribution in [0.3, 0.4) is 0 Å². The fourth-order valence-electron chi connectivity index (χ4n) is 4.45. The quantitative estimate of drug-likeness (QED) is 0.647. The first-order valence-electron chi connectivity index (χ1n) is 11.0. The van der Waals surface area contributed by atoms with Crippen molar-refractivity contribution in [1.29, 1.82) is 0 Å². The Morgan fingerprint density at radius 2 is 1.97 bits per heavy atom. The highest BCUT2D eigenvalue weighted by molar-refractivity contribution is 7.13. The second-order valence-electron chi connectivity index (χ2n) is 8.80. The predicted molar refractivity (Wildman–Crippen MR) is 108 cm³/mol. The molecule has 162 valence electrons.